The summed E-state index contributed by atoms with van der Waals surface area (Å²) in [6, 6.07) is 10.6. The average Bonchev–Trinajstić information content (AvgIpc) is 3.20. The zero-order valence-corrected chi connectivity index (χ0v) is 18.2. The van der Waals surface area contributed by atoms with Gasteiger partial charge in [-0.15, -0.1) is 0 Å². The summed E-state index contributed by atoms with van der Waals surface area (Å²) in [5, 5.41) is 0.318. The predicted molar refractivity (Wildman–Crippen MR) is 114 cm³/mol. The molecule has 1 aliphatic rings. The van der Waals surface area contributed by atoms with Gasteiger partial charge in [0.15, 0.2) is 0 Å². The maximum Gasteiger partial charge on any atom is 0.263 e. The molecule has 0 aliphatic carbocycles. The maximum absolute atomic E-state index is 12.9. The molecule has 0 aromatic heterocycles. The Hall–Kier alpha value is -1.80. The highest BCUT2D eigenvalue weighted by Crippen LogP contribution is 2.27. The molecule has 29 heavy (non-hydrogen) atoms. The SMILES string of the molecule is CCN(CC1CCOC1)C(=O)c1cccc(NS(=O)(=O)c2cc(Cl)ccc2Cl)c1. The fourth-order valence-electron chi connectivity index (χ4n) is 3.19. The van der Waals surface area contributed by atoms with Crippen LogP contribution in [0.1, 0.15) is 23.7 Å². The lowest BCUT2D eigenvalue weighted by Crippen LogP contribution is -2.35. The number of anilines is 1. The van der Waals surface area contributed by atoms with Gasteiger partial charge < -0.3 is 9.64 Å². The van der Waals surface area contributed by atoms with Gasteiger partial charge in [-0.05, 0) is 49.7 Å². The van der Waals surface area contributed by atoms with E-state index in [4.69, 9.17) is 27.9 Å². The van der Waals surface area contributed by atoms with Crippen molar-refractivity contribution in [3.05, 3.63) is 58.1 Å². The minimum atomic E-state index is -3.96. The molecule has 0 radical (unpaired) electrons. The molecule has 6 nitrogen and oxygen atoms in total. The summed E-state index contributed by atoms with van der Waals surface area (Å²) in [7, 11) is -3.96. The molecule has 1 unspecified atom stereocenters. The molecule has 1 N–H and O–H groups in total. The number of rotatable bonds is 7. The van der Waals surface area contributed by atoms with Crippen LogP contribution in [0.15, 0.2) is 47.4 Å². The first-order valence-corrected chi connectivity index (χ1v) is 11.5. The van der Waals surface area contributed by atoms with Gasteiger partial charge in [0.1, 0.15) is 4.90 Å². The van der Waals surface area contributed by atoms with Crippen LogP contribution in [-0.4, -0.2) is 45.5 Å². The van der Waals surface area contributed by atoms with Crippen LogP contribution in [0.4, 0.5) is 5.69 Å². The molecule has 1 saturated heterocycles. The number of halogens is 2. The zero-order chi connectivity index (χ0) is 21.0. The first-order valence-electron chi connectivity index (χ1n) is 9.25. The van der Waals surface area contributed by atoms with Crippen LogP contribution in [0.3, 0.4) is 0 Å². The lowest BCUT2D eigenvalue weighted by molar-refractivity contribution is 0.0731. The highest BCUT2D eigenvalue weighted by atomic mass is 35.5. The van der Waals surface area contributed by atoms with Crippen molar-refractivity contribution in [3.8, 4) is 0 Å². The van der Waals surface area contributed by atoms with Gasteiger partial charge >= 0.3 is 0 Å². The summed E-state index contributed by atoms with van der Waals surface area (Å²) in [6.07, 6.45) is 0.935. The minimum Gasteiger partial charge on any atom is -0.381 e. The second-order valence-corrected chi connectivity index (χ2v) is 9.33. The monoisotopic (exact) mass is 456 g/mol. The Morgan fingerprint density at radius 3 is 2.72 bits per heavy atom. The van der Waals surface area contributed by atoms with Gasteiger partial charge in [0.05, 0.1) is 11.6 Å². The second kappa shape index (κ2) is 9.34. The van der Waals surface area contributed by atoms with E-state index in [1.807, 2.05) is 6.92 Å². The van der Waals surface area contributed by atoms with Gasteiger partial charge in [0.2, 0.25) is 0 Å². The van der Waals surface area contributed by atoms with E-state index in [0.717, 1.165) is 13.0 Å². The van der Waals surface area contributed by atoms with Crippen LogP contribution >= 0.6 is 23.2 Å². The molecule has 1 amide bonds. The maximum atomic E-state index is 12.9. The van der Waals surface area contributed by atoms with Crippen molar-refractivity contribution in [1.82, 2.24) is 4.90 Å². The molecular formula is C20H22Cl2N2O4S. The summed E-state index contributed by atoms with van der Waals surface area (Å²) < 4.78 is 33.3. The smallest absolute Gasteiger partial charge is 0.263 e. The third-order valence-electron chi connectivity index (χ3n) is 4.72. The van der Waals surface area contributed by atoms with E-state index in [1.165, 1.54) is 24.3 Å². The van der Waals surface area contributed by atoms with Crippen molar-refractivity contribution in [2.45, 2.75) is 18.2 Å². The molecule has 156 valence electrons. The van der Waals surface area contributed by atoms with Crippen LogP contribution in [0.5, 0.6) is 0 Å². The quantitative estimate of drug-likeness (QED) is 0.673. The molecule has 0 spiro atoms. The number of nitrogens with zero attached hydrogens (tertiary/aromatic N) is 1. The molecule has 2 aromatic rings. The van der Waals surface area contributed by atoms with Crippen LogP contribution < -0.4 is 4.72 Å². The van der Waals surface area contributed by atoms with Crippen molar-refractivity contribution in [2.75, 3.05) is 31.0 Å². The normalized spacial score (nSPS) is 16.6. The number of benzene rings is 2. The molecular weight excluding hydrogens is 435 g/mol. The van der Waals surface area contributed by atoms with Gasteiger partial charge in [-0.3, -0.25) is 9.52 Å². The Kier molecular flexibility index (Phi) is 7.05. The first kappa shape index (κ1) is 21.9. The molecule has 1 heterocycles. The number of nitrogens with one attached hydrogen (secondary N) is 1. The van der Waals surface area contributed by atoms with E-state index in [0.29, 0.717) is 31.2 Å². The molecule has 0 bridgehead atoms. The predicted octanol–water partition coefficient (Wildman–Crippen LogP) is 4.29. The van der Waals surface area contributed by atoms with Crippen LogP contribution in [0, 0.1) is 5.92 Å². The highest BCUT2D eigenvalue weighted by Gasteiger charge is 2.23. The summed E-state index contributed by atoms with van der Waals surface area (Å²) in [6.45, 7) is 4.47. The Morgan fingerprint density at radius 2 is 2.03 bits per heavy atom. The van der Waals surface area contributed by atoms with Crippen molar-refractivity contribution in [3.63, 3.8) is 0 Å². The number of amides is 1. The van der Waals surface area contributed by atoms with Crippen LogP contribution in [-0.2, 0) is 14.8 Å². The molecule has 1 atom stereocenters. The fraction of sp³-hybridized carbons (Fsp3) is 0.350. The largest absolute Gasteiger partial charge is 0.381 e. The van der Waals surface area contributed by atoms with Gasteiger partial charge in [-0.2, -0.15) is 0 Å². The number of sulfonamides is 1. The first-order chi connectivity index (χ1) is 13.8. The summed E-state index contributed by atoms with van der Waals surface area (Å²) >= 11 is 11.9. The zero-order valence-electron chi connectivity index (χ0n) is 15.9. The average molecular weight is 457 g/mol. The van der Waals surface area contributed by atoms with E-state index in [9.17, 15) is 13.2 Å². The lowest BCUT2D eigenvalue weighted by Gasteiger charge is -2.24. The Labute approximate surface area is 180 Å². The van der Waals surface area contributed by atoms with Gasteiger partial charge in [0, 0.05) is 41.9 Å². The molecule has 0 saturated carbocycles. The second-order valence-electron chi connectivity index (χ2n) is 6.83. The van der Waals surface area contributed by atoms with Gasteiger partial charge in [0.25, 0.3) is 15.9 Å². The third-order valence-corrected chi connectivity index (χ3v) is 6.81. The van der Waals surface area contributed by atoms with Crippen molar-refractivity contribution < 1.29 is 17.9 Å². The molecule has 9 heteroatoms. The van der Waals surface area contributed by atoms with E-state index < -0.39 is 10.0 Å². The summed E-state index contributed by atoms with van der Waals surface area (Å²) in [5.74, 6) is 0.173. The fourth-order valence-corrected chi connectivity index (χ4v) is 5.00. The topological polar surface area (TPSA) is 75.7 Å². The van der Waals surface area contributed by atoms with Crippen LogP contribution in [0.25, 0.3) is 0 Å². The Morgan fingerprint density at radius 1 is 1.24 bits per heavy atom. The van der Waals surface area contributed by atoms with Gasteiger partial charge in [-0.25, -0.2) is 8.42 Å². The summed E-state index contributed by atoms with van der Waals surface area (Å²) in [4.78, 5) is 14.5. The minimum absolute atomic E-state index is 0.0603. The number of carbonyl (C=O) groups is 1. The molecule has 1 fully saturated rings. The molecule has 1 aliphatic heterocycles. The number of ether oxygens (including phenoxy) is 1. The highest BCUT2D eigenvalue weighted by molar-refractivity contribution is 7.92. The van der Waals surface area contributed by atoms with Crippen molar-refractivity contribution in [1.29, 1.82) is 0 Å². The van der Waals surface area contributed by atoms with Crippen molar-refractivity contribution >= 4 is 44.8 Å². The standard InChI is InChI=1S/C20H22Cl2N2O4S/c1-2-24(12-14-8-9-28-13-14)20(25)15-4-3-5-17(10-15)23-29(26,27)19-11-16(21)6-7-18(19)22/h3-7,10-11,14,23H,2,8-9,12-13H2,1H3. The van der Waals surface area contributed by atoms with E-state index in [2.05, 4.69) is 4.72 Å². The van der Waals surface area contributed by atoms with E-state index >= 15 is 0 Å². The van der Waals surface area contributed by atoms with E-state index in [-0.39, 0.29) is 26.5 Å². The number of hydrogen-bond donors (Lipinski definition) is 1. The third kappa shape index (κ3) is 5.42. The Balaban J connectivity index is 1.79. The molecule has 3 rings (SSSR count). The van der Waals surface area contributed by atoms with Crippen LogP contribution in [0.2, 0.25) is 10.0 Å². The molecule has 2 aromatic carbocycles. The van der Waals surface area contributed by atoms with E-state index in [1.54, 1.807) is 23.1 Å². The Bertz CT molecular complexity index is 992. The summed E-state index contributed by atoms with van der Waals surface area (Å²) in [5.41, 5.74) is 0.676. The van der Waals surface area contributed by atoms with Gasteiger partial charge in [-0.1, -0.05) is 29.3 Å². The van der Waals surface area contributed by atoms with Crippen molar-refractivity contribution in [2.24, 2.45) is 5.92 Å². The lowest BCUT2D eigenvalue weighted by atomic mass is 10.1. The number of carbonyl (C=O) groups excluding carboxylic acids is 1. The number of hydrogen-bond acceptors (Lipinski definition) is 4.